The zero-order valence-electron chi connectivity index (χ0n) is 20.7. The molecule has 7 heteroatoms. The monoisotopic (exact) mass is 486 g/mol. The standard InChI is InChI=1S/C29H30N2O5/c1-29(2,3)21-9-13-24(14-10-21)36-25-15-11-23(12-16-25)31-18-20(17-27(31)33)28(34)35-19-26(32)30-22-7-5-4-6-8-22/h4-16,20H,17-19H2,1-3H3,(H,30,32)/t20-/m0/s1. The van der Waals surface area contributed by atoms with Crippen molar-refractivity contribution in [1.82, 2.24) is 0 Å². The van der Waals surface area contributed by atoms with E-state index in [0.717, 1.165) is 5.75 Å². The molecule has 0 radical (unpaired) electrons. The second kappa shape index (κ2) is 10.6. The normalized spacial score (nSPS) is 15.5. The van der Waals surface area contributed by atoms with Gasteiger partial charge in [0, 0.05) is 24.3 Å². The average Bonchev–Trinajstić information content (AvgIpc) is 3.25. The molecule has 3 aromatic carbocycles. The highest BCUT2D eigenvalue weighted by molar-refractivity contribution is 6.00. The zero-order valence-corrected chi connectivity index (χ0v) is 20.7. The van der Waals surface area contributed by atoms with Gasteiger partial charge in [0.15, 0.2) is 6.61 Å². The van der Waals surface area contributed by atoms with Gasteiger partial charge in [-0.1, -0.05) is 51.1 Å². The molecule has 1 saturated heterocycles. The lowest BCUT2D eigenvalue weighted by Crippen LogP contribution is -2.28. The topological polar surface area (TPSA) is 84.9 Å². The number of carbonyl (C=O) groups is 3. The third kappa shape index (κ3) is 6.30. The Balaban J connectivity index is 1.29. The summed E-state index contributed by atoms with van der Waals surface area (Å²) in [5, 5.41) is 2.66. The molecule has 4 rings (SSSR count). The number of rotatable bonds is 7. The Morgan fingerprint density at radius 2 is 1.53 bits per heavy atom. The Hall–Kier alpha value is -4.13. The largest absolute Gasteiger partial charge is 0.457 e. The summed E-state index contributed by atoms with van der Waals surface area (Å²) < 4.78 is 11.1. The highest BCUT2D eigenvalue weighted by Gasteiger charge is 2.36. The molecule has 2 amide bonds. The van der Waals surface area contributed by atoms with Crippen molar-refractivity contribution in [1.29, 1.82) is 0 Å². The summed E-state index contributed by atoms with van der Waals surface area (Å²) >= 11 is 0. The minimum absolute atomic E-state index is 0.0392. The first-order valence-electron chi connectivity index (χ1n) is 11.9. The Labute approximate surface area is 211 Å². The second-order valence-electron chi connectivity index (χ2n) is 9.80. The van der Waals surface area contributed by atoms with Crippen LogP contribution in [-0.2, 0) is 24.5 Å². The van der Waals surface area contributed by atoms with Gasteiger partial charge in [-0.2, -0.15) is 0 Å². The smallest absolute Gasteiger partial charge is 0.311 e. The van der Waals surface area contributed by atoms with Crippen molar-refractivity contribution in [2.45, 2.75) is 32.6 Å². The predicted molar refractivity (Wildman–Crippen MR) is 138 cm³/mol. The van der Waals surface area contributed by atoms with Gasteiger partial charge >= 0.3 is 5.97 Å². The molecule has 1 aliphatic heterocycles. The molecule has 7 nitrogen and oxygen atoms in total. The molecule has 36 heavy (non-hydrogen) atoms. The fraction of sp³-hybridized carbons (Fsp3) is 0.276. The lowest BCUT2D eigenvalue weighted by atomic mass is 9.87. The molecule has 0 saturated carbocycles. The summed E-state index contributed by atoms with van der Waals surface area (Å²) in [6.07, 6.45) is 0.0392. The van der Waals surface area contributed by atoms with Crippen LogP contribution in [0.4, 0.5) is 11.4 Å². The van der Waals surface area contributed by atoms with Gasteiger partial charge in [-0.25, -0.2) is 0 Å². The summed E-state index contributed by atoms with van der Waals surface area (Å²) in [6, 6.07) is 24.1. The Morgan fingerprint density at radius 1 is 0.917 bits per heavy atom. The lowest BCUT2D eigenvalue weighted by molar-refractivity contribution is -0.151. The van der Waals surface area contributed by atoms with Gasteiger partial charge in [0.05, 0.1) is 5.92 Å². The molecule has 1 N–H and O–H groups in total. The molecule has 1 heterocycles. The number of para-hydroxylation sites is 1. The number of nitrogens with one attached hydrogen (secondary N) is 1. The quantitative estimate of drug-likeness (QED) is 0.458. The van der Waals surface area contributed by atoms with E-state index in [-0.39, 0.29) is 24.3 Å². The highest BCUT2D eigenvalue weighted by atomic mass is 16.5. The van der Waals surface area contributed by atoms with Gasteiger partial charge in [0.2, 0.25) is 5.91 Å². The minimum atomic E-state index is -0.626. The Kier molecular flexibility index (Phi) is 7.38. The minimum Gasteiger partial charge on any atom is -0.457 e. The number of nitrogens with zero attached hydrogens (tertiary/aromatic N) is 1. The second-order valence-corrected chi connectivity index (χ2v) is 9.80. The van der Waals surface area contributed by atoms with Crippen LogP contribution in [0.1, 0.15) is 32.8 Å². The number of amides is 2. The van der Waals surface area contributed by atoms with E-state index >= 15 is 0 Å². The first-order valence-corrected chi connectivity index (χ1v) is 11.9. The van der Waals surface area contributed by atoms with Crippen molar-refractivity contribution < 1.29 is 23.9 Å². The van der Waals surface area contributed by atoms with Gasteiger partial charge < -0.3 is 19.7 Å². The SMILES string of the molecule is CC(C)(C)c1ccc(Oc2ccc(N3C[C@@H](C(=O)OCC(=O)Nc4ccccc4)CC3=O)cc2)cc1. The predicted octanol–water partition coefficient (Wildman–Crippen LogP) is 5.31. The summed E-state index contributed by atoms with van der Waals surface area (Å²) in [6.45, 7) is 6.28. The van der Waals surface area contributed by atoms with E-state index in [1.165, 1.54) is 5.56 Å². The summed E-state index contributed by atoms with van der Waals surface area (Å²) in [7, 11) is 0. The summed E-state index contributed by atoms with van der Waals surface area (Å²) in [5.41, 5.74) is 2.59. The molecule has 3 aromatic rings. The Bertz CT molecular complexity index is 1220. The molecule has 0 bridgehead atoms. The number of esters is 1. The van der Waals surface area contributed by atoms with Crippen LogP contribution >= 0.6 is 0 Å². The summed E-state index contributed by atoms with van der Waals surface area (Å²) in [5.74, 6) is -0.412. The summed E-state index contributed by atoms with van der Waals surface area (Å²) in [4.78, 5) is 38.6. The number of hydrogen-bond donors (Lipinski definition) is 1. The van der Waals surface area contributed by atoms with E-state index in [2.05, 4.69) is 38.2 Å². The van der Waals surface area contributed by atoms with E-state index in [0.29, 0.717) is 17.1 Å². The van der Waals surface area contributed by atoms with Crippen molar-refractivity contribution in [2.24, 2.45) is 5.92 Å². The third-order valence-electron chi connectivity index (χ3n) is 5.97. The van der Waals surface area contributed by atoms with Crippen molar-refractivity contribution >= 4 is 29.2 Å². The van der Waals surface area contributed by atoms with Crippen molar-refractivity contribution in [2.75, 3.05) is 23.4 Å². The van der Waals surface area contributed by atoms with E-state index in [1.807, 2.05) is 18.2 Å². The number of hydrogen-bond acceptors (Lipinski definition) is 5. The molecule has 186 valence electrons. The molecule has 0 aromatic heterocycles. The number of ether oxygens (including phenoxy) is 2. The lowest BCUT2D eigenvalue weighted by Gasteiger charge is -2.19. The van der Waals surface area contributed by atoms with Crippen molar-refractivity contribution in [3.05, 3.63) is 84.4 Å². The van der Waals surface area contributed by atoms with Gasteiger partial charge in [-0.3, -0.25) is 14.4 Å². The van der Waals surface area contributed by atoms with Crippen LogP contribution in [0.15, 0.2) is 78.9 Å². The number of carbonyl (C=O) groups excluding carboxylic acids is 3. The molecular weight excluding hydrogens is 456 g/mol. The van der Waals surface area contributed by atoms with E-state index in [9.17, 15) is 14.4 Å². The highest BCUT2D eigenvalue weighted by Crippen LogP contribution is 2.30. The molecule has 1 atom stereocenters. The van der Waals surface area contributed by atoms with E-state index < -0.39 is 24.4 Å². The fourth-order valence-electron chi connectivity index (χ4n) is 3.94. The first kappa shape index (κ1) is 25.0. The van der Waals surface area contributed by atoms with Crippen LogP contribution in [0.25, 0.3) is 0 Å². The fourth-order valence-corrected chi connectivity index (χ4v) is 3.94. The van der Waals surface area contributed by atoms with Crippen LogP contribution < -0.4 is 15.0 Å². The van der Waals surface area contributed by atoms with Gasteiger partial charge in [0.1, 0.15) is 11.5 Å². The Morgan fingerprint density at radius 3 is 2.14 bits per heavy atom. The number of benzene rings is 3. The maximum atomic E-state index is 12.6. The molecule has 1 fully saturated rings. The maximum Gasteiger partial charge on any atom is 0.311 e. The molecule has 0 spiro atoms. The van der Waals surface area contributed by atoms with Crippen LogP contribution in [-0.4, -0.2) is 30.9 Å². The van der Waals surface area contributed by atoms with Crippen LogP contribution in [0, 0.1) is 5.92 Å². The first-order chi connectivity index (χ1) is 17.2. The van der Waals surface area contributed by atoms with Crippen LogP contribution in [0.3, 0.4) is 0 Å². The average molecular weight is 487 g/mol. The molecule has 0 aliphatic carbocycles. The van der Waals surface area contributed by atoms with Gasteiger partial charge in [0.25, 0.3) is 5.91 Å². The zero-order chi connectivity index (χ0) is 25.7. The van der Waals surface area contributed by atoms with E-state index in [4.69, 9.17) is 9.47 Å². The van der Waals surface area contributed by atoms with Crippen LogP contribution in [0.2, 0.25) is 0 Å². The van der Waals surface area contributed by atoms with Gasteiger partial charge in [-0.05, 0) is 59.5 Å². The molecular formula is C29H30N2O5. The van der Waals surface area contributed by atoms with Gasteiger partial charge in [-0.15, -0.1) is 0 Å². The maximum absolute atomic E-state index is 12.6. The third-order valence-corrected chi connectivity index (χ3v) is 5.97. The van der Waals surface area contributed by atoms with Crippen molar-refractivity contribution in [3.8, 4) is 11.5 Å². The van der Waals surface area contributed by atoms with E-state index in [1.54, 1.807) is 53.4 Å². The number of anilines is 2. The molecule has 0 unspecified atom stereocenters. The van der Waals surface area contributed by atoms with Crippen molar-refractivity contribution in [3.63, 3.8) is 0 Å². The molecule has 1 aliphatic rings. The van der Waals surface area contributed by atoms with Crippen LogP contribution in [0.5, 0.6) is 11.5 Å².